The summed E-state index contributed by atoms with van der Waals surface area (Å²) in [5.41, 5.74) is 0.225. The van der Waals surface area contributed by atoms with Crippen LogP contribution in [-0.4, -0.2) is 37.2 Å². The van der Waals surface area contributed by atoms with Crippen LogP contribution in [0.4, 0.5) is 0 Å². The lowest BCUT2D eigenvalue weighted by Crippen LogP contribution is -2.46. The van der Waals surface area contributed by atoms with Crippen LogP contribution < -0.4 is 9.47 Å². The van der Waals surface area contributed by atoms with Gasteiger partial charge in [0.2, 0.25) is 0 Å². The number of methoxy groups -OCH3 is 2. The predicted octanol–water partition coefficient (Wildman–Crippen LogP) is 4.16. The van der Waals surface area contributed by atoms with Gasteiger partial charge in [-0.15, -0.1) is 0 Å². The molecule has 0 saturated carbocycles. The minimum absolute atomic E-state index is 0.225. The van der Waals surface area contributed by atoms with E-state index in [1.54, 1.807) is 45.9 Å². The minimum Gasteiger partial charge on any atom is -0.496 e. The van der Waals surface area contributed by atoms with E-state index in [0.717, 1.165) is 0 Å². The Balaban J connectivity index is 3.53. The summed E-state index contributed by atoms with van der Waals surface area (Å²) < 4.78 is 27.9. The highest BCUT2D eigenvalue weighted by Gasteiger charge is 2.50. The fourth-order valence-electron chi connectivity index (χ4n) is 3.01. The van der Waals surface area contributed by atoms with Crippen LogP contribution in [0, 0.1) is 11.8 Å². The molecule has 7 heteroatoms. The Morgan fingerprint density at radius 1 is 1.04 bits per heavy atom. The number of Topliss-reactive ketones (excluding diaryl/α,β-unsaturated/α-hetero) is 1. The van der Waals surface area contributed by atoms with Gasteiger partial charge in [0.25, 0.3) is 0 Å². The zero-order valence-corrected chi connectivity index (χ0v) is 17.3. The first-order valence-corrected chi connectivity index (χ1v) is 9.26. The summed E-state index contributed by atoms with van der Waals surface area (Å²) in [6.07, 6.45) is -0.382. The van der Waals surface area contributed by atoms with Gasteiger partial charge in [0, 0.05) is 0 Å². The smallest absolute Gasteiger partial charge is 0.324 e. The average molecular weight is 382 g/mol. The molecule has 0 spiro atoms. The van der Waals surface area contributed by atoms with Crippen LogP contribution >= 0.6 is 8.46 Å². The molecule has 0 bridgehead atoms. The second-order valence-corrected chi connectivity index (χ2v) is 7.93. The summed E-state index contributed by atoms with van der Waals surface area (Å²) in [6, 6.07) is 4.99. The lowest BCUT2D eigenvalue weighted by molar-refractivity contribution is -0.151. The number of hydrogen-bond donors (Lipinski definition) is 0. The number of benzene rings is 1. The molecule has 6 nitrogen and oxygen atoms in total. The molecular formula is C19H27O6P. The van der Waals surface area contributed by atoms with Crippen LogP contribution in [0.1, 0.15) is 45.0 Å². The molecule has 0 aliphatic rings. The highest BCUT2D eigenvalue weighted by atomic mass is 31.1. The first kappa shape index (κ1) is 22.1. The van der Waals surface area contributed by atoms with Gasteiger partial charge in [0.1, 0.15) is 17.1 Å². The molecule has 0 aliphatic carbocycles. The average Bonchev–Trinajstić information content (AvgIpc) is 2.59. The van der Waals surface area contributed by atoms with Crippen LogP contribution in [0.3, 0.4) is 0 Å². The fraction of sp³-hybridized carbons (Fsp3) is 0.579. The summed E-state index contributed by atoms with van der Waals surface area (Å²) in [4.78, 5) is 26.1. The number of ether oxygens (including phenoxy) is 3. The largest absolute Gasteiger partial charge is 0.496 e. The number of carbonyl (C=O) groups is 2. The van der Waals surface area contributed by atoms with Gasteiger partial charge in [-0.2, -0.15) is 0 Å². The topological polar surface area (TPSA) is 78.9 Å². The Hall–Kier alpha value is -1.94. The van der Waals surface area contributed by atoms with E-state index < -0.39 is 25.5 Å². The third-order valence-corrected chi connectivity index (χ3v) is 5.01. The van der Waals surface area contributed by atoms with Crippen LogP contribution in [0.15, 0.2) is 18.2 Å². The maximum atomic E-state index is 13.4. The second-order valence-electron chi connectivity index (χ2n) is 6.82. The molecule has 0 N–H and O–H groups in total. The molecule has 1 aromatic rings. The van der Waals surface area contributed by atoms with Crippen molar-refractivity contribution in [3.8, 4) is 11.5 Å². The Morgan fingerprint density at radius 3 is 1.88 bits per heavy atom. The second kappa shape index (κ2) is 9.13. The molecule has 1 rings (SSSR count). The Morgan fingerprint density at radius 2 is 1.54 bits per heavy atom. The van der Waals surface area contributed by atoms with Crippen molar-refractivity contribution in [1.82, 2.24) is 0 Å². The SMILES string of the molecule is COc1cccc(OC)c1C(=O)C(C(C)C)C(C)(P=O)C(=O)OC(C)C. The molecule has 0 saturated heterocycles. The number of hydrogen-bond acceptors (Lipinski definition) is 6. The standard InChI is InChI=1S/C19H27O6P/c1-11(2)16(19(5,26-22)18(21)25-12(3)4)17(20)15-13(23-6)9-8-10-14(15)24-7/h8-12,16H,1-7H3. The minimum atomic E-state index is -1.53. The number of rotatable bonds is 9. The van der Waals surface area contributed by atoms with Crippen molar-refractivity contribution < 1.29 is 28.4 Å². The normalized spacial score (nSPS) is 14.8. The molecule has 0 aliphatic heterocycles. The first-order chi connectivity index (χ1) is 12.1. The van der Waals surface area contributed by atoms with Gasteiger partial charge in [0.15, 0.2) is 19.4 Å². The predicted molar refractivity (Wildman–Crippen MR) is 99.4 cm³/mol. The van der Waals surface area contributed by atoms with E-state index in [1.165, 1.54) is 21.1 Å². The van der Waals surface area contributed by atoms with E-state index in [9.17, 15) is 14.2 Å². The number of carbonyl (C=O) groups excluding carboxylic acids is 2. The van der Waals surface area contributed by atoms with E-state index in [4.69, 9.17) is 14.2 Å². The molecule has 0 aromatic heterocycles. The van der Waals surface area contributed by atoms with E-state index >= 15 is 0 Å². The van der Waals surface area contributed by atoms with Crippen molar-refractivity contribution in [2.24, 2.45) is 11.8 Å². The molecule has 2 unspecified atom stereocenters. The highest BCUT2D eigenvalue weighted by Crippen LogP contribution is 2.42. The summed E-state index contributed by atoms with van der Waals surface area (Å²) >= 11 is 0. The van der Waals surface area contributed by atoms with Crippen molar-refractivity contribution in [1.29, 1.82) is 0 Å². The lowest BCUT2D eigenvalue weighted by Gasteiger charge is -2.32. The molecule has 0 radical (unpaired) electrons. The van der Waals surface area contributed by atoms with Gasteiger partial charge < -0.3 is 14.2 Å². The number of esters is 1. The third-order valence-electron chi connectivity index (χ3n) is 4.17. The molecule has 26 heavy (non-hydrogen) atoms. The van der Waals surface area contributed by atoms with Gasteiger partial charge in [-0.05, 0) is 38.8 Å². The van der Waals surface area contributed by atoms with Gasteiger partial charge in [-0.3, -0.25) is 14.2 Å². The van der Waals surface area contributed by atoms with E-state index in [1.807, 2.05) is 0 Å². The quantitative estimate of drug-likeness (QED) is 0.362. The van der Waals surface area contributed by atoms with Gasteiger partial charge in [0.05, 0.1) is 26.2 Å². The maximum absolute atomic E-state index is 13.4. The van der Waals surface area contributed by atoms with Crippen LogP contribution in [0.5, 0.6) is 11.5 Å². The summed E-state index contributed by atoms with van der Waals surface area (Å²) in [5, 5.41) is -1.53. The molecule has 2 atom stereocenters. The maximum Gasteiger partial charge on any atom is 0.324 e. The summed E-state index contributed by atoms with van der Waals surface area (Å²) in [5.74, 6) is -1.54. The Bertz CT molecular complexity index is 648. The van der Waals surface area contributed by atoms with E-state index in [0.29, 0.717) is 11.5 Å². The van der Waals surface area contributed by atoms with Crippen LogP contribution in [0.25, 0.3) is 0 Å². The zero-order valence-electron chi connectivity index (χ0n) is 16.4. The van der Waals surface area contributed by atoms with E-state index in [-0.39, 0.29) is 23.4 Å². The zero-order chi connectivity index (χ0) is 20.1. The van der Waals surface area contributed by atoms with E-state index in [2.05, 4.69) is 0 Å². The fourth-order valence-corrected chi connectivity index (χ4v) is 3.67. The van der Waals surface area contributed by atoms with Crippen LogP contribution in [0.2, 0.25) is 0 Å². The molecule has 1 aromatic carbocycles. The molecule has 0 amide bonds. The van der Waals surface area contributed by atoms with Crippen molar-refractivity contribution >= 4 is 20.2 Å². The third kappa shape index (κ3) is 4.42. The van der Waals surface area contributed by atoms with Gasteiger partial charge in [-0.25, -0.2) is 0 Å². The van der Waals surface area contributed by atoms with Gasteiger partial charge in [-0.1, -0.05) is 19.9 Å². The van der Waals surface area contributed by atoms with Crippen LogP contribution in [-0.2, 0) is 14.1 Å². The van der Waals surface area contributed by atoms with Crippen molar-refractivity contribution in [2.45, 2.75) is 45.9 Å². The molecule has 0 heterocycles. The monoisotopic (exact) mass is 382 g/mol. The first-order valence-electron chi connectivity index (χ1n) is 8.44. The molecular weight excluding hydrogens is 355 g/mol. The summed E-state index contributed by atoms with van der Waals surface area (Å²) in [7, 11) is 2.43. The van der Waals surface area contributed by atoms with Crippen molar-refractivity contribution in [3.05, 3.63) is 23.8 Å². The lowest BCUT2D eigenvalue weighted by atomic mass is 9.77. The van der Waals surface area contributed by atoms with Crippen molar-refractivity contribution in [3.63, 3.8) is 0 Å². The summed E-state index contributed by atoms with van der Waals surface area (Å²) in [6.45, 7) is 8.49. The highest BCUT2D eigenvalue weighted by molar-refractivity contribution is 7.27. The molecule has 144 valence electrons. The van der Waals surface area contributed by atoms with Crippen molar-refractivity contribution in [2.75, 3.05) is 14.2 Å². The molecule has 0 fully saturated rings. The van der Waals surface area contributed by atoms with Gasteiger partial charge >= 0.3 is 5.97 Å². The Labute approximate surface area is 156 Å². The number of ketones is 1. The Kier molecular flexibility index (Phi) is 7.76.